The second kappa shape index (κ2) is 12.8. The van der Waals surface area contributed by atoms with Gasteiger partial charge < -0.3 is 30.5 Å². The molecule has 1 amide bonds. The molecule has 0 bridgehead atoms. The summed E-state index contributed by atoms with van der Waals surface area (Å²) < 4.78 is 12.7. The topological polar surface area (TPSA) is 122 Å². The average molecular weight is 505 g/mol. The number of carbonyl (C=O) groups excluding carboxylic acids is 1. The first-order valence-electron chi connectivity index (χ1n) is 12.1. The highest BCUT2D eigenvalue weighted by Crippen LogP contribution is 2.27. The van der Waals surface area contributed by atoms with Crippen LogP contribution in [0.25, 0.3) is 16.9 Å². The Labute approximate surface area is 215 Å². The molecule has 0 saturated carbocycles. The second-order valence-corrected chi connectivity index (χ2v) is 8.34. The molecule has 0 aliphatic rings. The van der Waals surface area contributed by atoms with Gasteiger partial charge in [0, 0.05) is 48.8 Å². The van der Waals surface area contributed by atoms with E-state index in [1.54, 1.807) is 19.4 Å². The van der Waals surface area contributed by atoms with Gasteiger partial charge in [-0.15, -0.1) is 0 Å². The number of benzene rings is 2. The van der Waals surface area contributed by atoms with E-state index in [-0.39, 0.29) is 12.5 Å². The average Bonchev–Trinajstić information content (AvgIpc) is 3.35. The van der Waals surface area contributed by atoms with Gasteiger partial charge in [-0.05, 0) is 55.0 Å². The number of anilines is 2. The molecule has 0 unspecified atom stereocenters. The number of carbonyl (C=O) groups is 1. The molecule has 0 aliphatic heterocycles. The van der Waals surface area contributed by atoms with Crippen molar-refractivity contribution in [3.8, 4) is 17.0 Å². The van der Waals surface area contributed by atoms with Crippen LogP contribution in [0, 0.1) is 6.92 Å². The fraction of sp³-hybridized carbons (Fsp3) is 0.296. The van der Waals surface area contributed by atoms with Crippen molar-refractivity contribution in [1.82, 2.24) is 25.0 Å². The van der Waals surface area contributed by atoms with Crippen LogP contribution in [0.5, 0.6) is 5.75 Å². The third-order valence-corrected chi connectivity index (χ3v) is 5.79. The molecule has 4 N–H and O–H groups in total. The lowest BCUT2D eigenvalue weighted by molar-refractivity contribution is 0.0915. The summed E-state index contributed by atoms with van der Waals surface area (Å²) in [6, 6.07) is 13.4. The van der Waals surface area contributed by atoms with Gasteiger partial charge in [-0.1, -0.05) is 0 Å². The summed E-state index contributed by atoms with van der Waals surface area (Å²) in [5.41, 5.74) is 4.90. The van der Waals surface area contributed by atoms with E-state index < -0.39 is 0 Å². The minimum Gasteiger partial charge on any atom is -0.497 e. The number of hydrogen-bond donors (Lipinski definition) is 4. The van der Waals surface area contributed by atoms with Crippen LogP contribution < -0.4 is 20.7 Å². The van der Waals surface area contributed by atoms with Crippen LogP contribution in [0.1, 0.15) is 15.9 Å². The third-order valence-electron chi connectivity index (χ3n) is 5.79. The van der Waals surface area contributed by atoms with E-state index in [0.717, 1.165) is 28.3 Å². The third kappa shape index (κ3) is 6.62. The first kappa shape index (κ1) is 26.1. The molecule has 10 heteroatoms. The minimum atomic E-state index is -0.149. The molecule has 4 rings (SSSR count). The molecule has 4 aromatic rings. The van der Waals surface area contributed by atoms with Crippen molar-refractivity contribution in [2.75, 3.05) is 51.9 Å². The number of aryl methyl sites for hydroxylation is 1. The summed E-state index contributed by atoms with van der Waals surface area (Å²) in [5, 5.41) is 18.0. The summed E-state index contributed by atoms with van der Waals surface area (Å²) in [5.74, 6) is 1.26. The van der Waals surface area contributed by atoms with Gasteiger partial charge >= 0.3 is 0 Å². The highest BCUT2D eigenvalue weighted by Gasteiger charge is 2.13. The lowest BCUT2D eigenvalue weighted by Crippen LogP contribution is -2.29. The SMILES string of the molecule is COc1ccc(-c2cnc3c(Nc4ccc(C(=O)NCCOCCNCCO)c(C)c4)nccn23)cc1. The zero-order valence-corrected chi connectivity index (χ0v) is 21.0. The Hall–Kier alpha value is -3.99. The molecule has 2 heterocycles. The van der Waals surface area contributed by atoms with Crippen molar-refractivity contribution in [2.45, 2.75) is 6.92 Å². The van der Waals surface area contributed by atoms with E-state index >= 15 is 0 Å². The first-order chi connectivity index (χ1) is 18.1. The Morgan fingerprint density at radius 3 is 2.62 bits per heavy atom. The van der Waals surface area contributed by atoms with Crippen molar-refractivity contribution in [3.05, 3.63) is 72.2 Å². The van der Waals surface area contributed by atoms with Gasteiger partial charge in [0.25, 0.3) is 5.91 Å². The van der Waals surface area contributed by atoms with Crippen LogP contribution in [0.2, 0.25) is 0 Å². The van der Waals surface area contributed by atoms with Crippen LogP contribution in [0.4, 0.5) is 11.5 Å². The quantitative estimate of drug-likeness (QED) is 0.205. The molecule has 0 fully saturated rings. The predicted molar refractivity (Wildman–Crippen MR) is 143 cm³/mol. The van der Waals surface area contributed by atoms with Gasteiger partial charge in [0.1, 0.15) is 5.75 Å². The first-order valence-corrected chi connectivity index (χ1v) is 12.1. The molecule has 0 aliphatic carbocycles. The number of amides is 1. The fourth-order valence-electron chi connectivity index (χ4n) is 3.90. The van der Waals surface area contributed by atoms with Crippen LogP contribution in [0.15, 0.2) is 61.1 Å². The number of methoxy groups -OCH3 is 1. The van der Waals surface area contributed by atoms with Gasteiger partial charge in [0.05, 0.1) is 38.8 Å². The monoisotopic (exact) mass is 504 g/mol. The predicted octanol–water partition coefficient (Wildman–Crippen LogP) is 2.79. The van der Waals surface area contributed by atoms with Crippen molar-refractivity contribution in [2.24, 2.45) is 0 Å². The molecular formula is C27H32N6O4. The lowest BCUT2D eigenvalue weighted by atomic mass is 10.1. The second-order valence-electron chi connectivity index (χ2n) is 8.34. The number of hydrogen-bond acceptors (Lipinski definition) is 8. The number of imidazole rings is 1. The Kier molecular flexibility index (Phi) is 9.03. The Balaban J connectivity index is 1.38. The Morgan fingerprint density at radius 2 is 1.86 bits per heavy atom. The van der Waals surface area contributed by atoms with E-state index in [1.165, 1.54) is 0 Å². The highest BCUT2D eigenvalue weighted by molar-refractivity contribution is 5.96. The number of aliphatic hydroxyl groups is 1. The number of nitrogens with one attached hydrogen (secondary N) is 3. The maximum Gasteiger partial charge on any atom is 0.251 e. The summed E-state index contributed by atoms with van der Waals surface area (Å²) in [4.78, 5) is 21.7. The standard InChI is InChI=1S/C27H32N6O4/c1-19-17-21(5-8-23(19)27(35)30-12-16-37-15-11-28-10-14-34)32-25-26-31-18-24(33(26)13-9-29-25)20-3-6-22(36-2)7-4-20/h3-9,13,17-18,28,34H,10-12,14-16H2,1-2H3,(H,29,32)(H,30,35). The summed E-state index contributed by atoms with van der Waals surface area (Å²) >= 11 is 0. The van der Waals surface area contributed by atoms with Crippen molar-refractivity contribution in [3.63, 3.8) is 0 Å². The molecule has 0 atom stereocenters. The summed E-state index contributed by atoms with van der Waals surface area (Å²) in [6.07, 6.45) is 5.42. The Bertz CT molecular complexity index is 1320. The van der Waals surface area contributed by atoms with E-state index in [0.29, 0.717) is 49.9 Å². The lowest BCUT2D eigenvalue weighted by Gasteiger charge is -2.12. The van der Waals surface area contributed by atoms with Crippen molar-refractivity contribution >= 4 is 23.1 Å². The van der Waals surface area contributed by atoms with Crippen LogP contribution in [-0.2, 0) is 4.74 Å². The van der Waals surface area contributed by atoms with E-state index in [2.05, 4.69) is 25.9 Å². The number of nitrogens with zero attached hydrogens (tertiary/aromatic N) is 3. The molecule has 0 spiro atoms. The van der Waals surface area contributed by atoms with E-state index in [1.807, 2.05) is 60.1 Å². The zero-order chi connectivity index (χ0) is 26.0. The number of ether oxygens (including phenoxy) is 2. The molecule has 10 nitrogen and oxygen atoms in total. The van der Waals surface area contributed by atoms with Crippen LogP contribution in [-0.4, -0.2) is 71.9 Å². The number of aliphatic hydroxyl groups excluding tert-OH is 1. The maximum atomic E-state index is 12.6. The van der Waals surface area contributed by atoms with Gasteiger partial charge in [0.2, 0.25) is 0 Å². The van der Waals surface area contributed by atoms with E-state index in [9.17, 15) is 4.79 Å². The van der Waals surface area contributed by atoms with Crippen molar-refractivity contribution in [1.29, 1.82) is 0 Å². The molecule has 0 saturated heterocycles. The number of fused-ring (bicyclic) bond motifs is 1. The van der Waals surface area contributed by atoms with Gasteiger partial charge in [-0.3, -0.25) is 9.20 Å². The molecule has 2 aromatic heterocycles. The highest BCUT2D eigenvalue weighted by atomic mass is 16.5. The maximum absolute atomic E-state index is 12.6. The molecule has 37 heavy (non-hydrogen) atoms. The summed E-state index contributed by atoms with van der Waals surface area (Å²) in [7, 11) is 1.64. The number of aromatic nitrogens is 3. The van der Waals surface area contributed by atoms with E-state index in [4.69, 9.17) is 14.6 Å². The summed E-state index contributed by atoms with van der Waals surface area (Å²) in [6.45, 7) is 4.56. The largest absolute Gasteiger partial charge is 0.497 e. The van der Waals surface area contributed by atoms with Crippen LogP contribution in [0.3, 0.4) is 0 Å². The van der Waals surface area contributed by atoms with Gasteiger partial charge in [-0.25, -0.2) is 9.97 Å². The van der Waals surface area contributed by atoms with Crippen LogP contribution >= 0.6 is 0 Å². The van der Waals surface area contributed by atoms with Gasteiger partial charge in [0.15, 0.2) is 11.5 Å². The molecule has 194 valence electrons. The normalized spacial score (nSPS) is 11.0. The molecular weight excluding hydrogens is 472 g/mol. The Morgan fingerprint density at radius 1 is 1.05 bits per heavy atom. The van der Waals surface area contributed by atoms with Crippen molar-refractivity contribution < 1.29 is 19.4 Å². The zero-order valence-electron chi connectivity index (χ0n) is 21.0. The smallest absolute Gasteiger partial charge is 0.251 e. The fourth-order valence-corrected chi connectivity index (χ4v) is 3.90. The molecule has 0 radical (unpaired) electrons. The number of rotatable bonds is 13. The minimum absolute atomic E-state index is 0.102. The van der Waals surface area contributed by atoms with Gasteiger partial charge in [-0.2, -0.15) is 0 Å². The molecule has 2 aromatic carbocycles.